The van der Waals surface area contributed by atoms with Crippen molar-refractivity contribution in [3.63, 3.8) is 0 Å². The fourth-order valence-corrected chi connectivity index (χ4v) is 4.18. The lowest BCUT2D eigenvalue weighted by Crippen LogP contribution is -2.48. The van der Waals surface area contributed by atoms with Crippen LogP contribution in [0, 0.1) is 6.92 Å². The topological polar surface area (TPSA) is 93.8 Å². The van der Waals surface area contributed by atoms with Gasteiger partial charge in [0, 0.05) is 12.5 Å². The minimum atomic E-state index is -0.575. The summed E-state index contributed by atoms with van der Waals surface area (Å²) < 4.78 is 5.20. The van der Waals surface area contributed by atoms with Gasteiger partial charge in [-0.05, 0) is 43.9 Å². The molecule has 1 aromatic carbocycles. The first-order valence-corrected chi connectivity index (χ1v) is 10.5. The van der Waals surface area contributed by atoms with Crippen molar-refractivity contribution in [3.8, 4) is 0 Å². The van der Waals surface area contributed by atoms with Gasteiger partial charge in [0.2, 0.25) is 5.89 Å². The van der Waals surface area contributed by atoms with Gasteiger partial charge in [-0.15, -0.1) is 0 Å². The summed E-state index contributed by atoms with van der Waals surface area (Å²) in [7, 11) is 0. The summed E-state index contributed by atoms with van der Waals surface area (Å²) in [6.07, 6.45) is 6.49. The molecule has 3 aromatic rings. The average Bonchev–Trinajstić information content (AvgIpc) is 3.20. The lowest BCUT2D eigenvalue weighted by Gasteiger charge is -2.35. The highest BCUT2D eigenvalue weighted by Crippen LogP contribution is 2.36. The van der Waals surface area contributed by atoms with E-state index in [1.54, 1.807) is 6.92 Å². The zero-order valence-electron chi connectivity index (χ0n) is 17.3. The molecule has 29 heavy (non-hydrogen) atoms. The Kier molecular flexibility index (Phi) is 5.30. The van der Waals surface area contributed by atoms with E-state index in [0.29, 0.717) is 17.3 Å². The molecule has 1 fully saturated rings. The van der Waals surface area contributed by atoms with Crippen molar-refractivity contribution in [2.24, 2.45) is 0 Å². The van der Waals surface area contributed by atoms with E-state index in [2.05, 4.69) is 29.3 Å². The monoisotopic (exact) mass is 393 g/mol. The van der Waals surface area contributed by atoms with Crippen LogP contribution in [0.15, 0.2) is 22.7 Å². The molecule has 0 bridgehead atoms. The minimum absolute atomic E-state index is 0.143. The van der Waals surface area contributed by atoms with E-state index in [1.807, 2.05) is 18.2 Å². The molecule has 1 saturated carbocycles. The highest BCUT2D eigenvalue weighted by atomic mass is 16.5. The maximum atomic E-state index is 13.2. The molecule has 1 aliphatic rings. The Labute approximate surface area is 170 Å². The number of nitrogens with one attached hydrogen (secondary N) is 1. The number of amides is 1. The summed E-state index contributed by atoms with van der Waals surface area (Å²) in [5, 5.41) is 7.35. The third-order valence-corrected chi connectivity index (χ3v) is 5.77. The Morgan fingerprint density at radius 1 is 1.03 bits per heavy atom. The van der Waals surface area contributed by atoms with Crippen LogP contribution in [-0.2, 0) is 18.4 Å². The van der Waals surface area contributed by atoms with Gasteiger partial charge >= 0.3 is 0 Å². The molecule has 0 radical (unpaired) electrons. The van der Waals surface area contributed by atoms with Crippen molar-refractivity contribution in [1.82, 2.24) is 25.4 Å². The Hall–Kier alpha value is -2.83. The molecule has 152 valence electrons. The molecule has 4 rings (SSSR count). The quantitative estimate of drug-likeness (QED) is 0.703. The summed E-state index contributed by atoms with van der Waals surface area (Å²) in [6.45, 7) is 5.93. The Morgan fingerprint density at radius 2 is 1.72 bits per heavy atom. The molecule has 0 unspecified atom stereocenters. The van der Waals surface area contributed by atoms with Gasteiger partial charge in [-0.3, -0.25) is 4.79 Å². The standard InChI is InChI=1S/C22H27N5O2/c1-4-16-17(5-2)25-19-13-15(9-10-18(19)24-16)20(28)26-22(11-7-6-8-12-22)21-23-14(3)29-27-21/h9-10,13H,4-8,11-12H2,1-3H3,(H,26,28). The normalized spacial score (nSPS) is 16.1. The predicted octanol–water partition coefficient (Wildman–Crippen LogP) is 4.04. The second-order valence-corrected chi connectivity index (χ2v) is 7.76. The van der Waals surface area contributed by atoms with E-state index in [1.165, 1.54) is 0 Å². The zero-order valence-corrected chi connectivity index (χ0v) is 17.3. The summed E-state index contributed by atoms with van der Waals surface area (Å²) in [4.78, 5) is 27.1. The second-order valence-electron chi connectivity index (χ2n) is 7.76. The lowest BCUT2D eigenvalue weighted by molar-refractivity contribution is 0.0855. The van der Waals surface area contributed by atoms with Crippen molar-refractivity contribution >= 4 is 16.9 Å². The molecular weight excluding hydrogens is 366 g/mol. The third kappa shape index (κ3) is 3.73. The molecular formula is C22H27N5O2. The number of aryl methyl sites for hydroxylation is 3. The van der Waals surface area contributed by atoms with E-state index in [4.69, 9.17) is 14.5 Å². The van der Waals surface area contributed by atoms with E-state index in [9.17, 15) is 4.79 Å². The minimum Gasteiger partial charge on any atom is -0.340 e. The number of nitrogens with zero attached hydrogens (tertiary/aromatic N) is 4. The summed E-state index contributed by atoms with van der Waals surface area (Å²) in [5.41, 5.74) is 3.57. The maximum absolute atomic E-state index is 13.2. The van der Waals surface area contributed by atoms with Crippen LogP contribution in [0.4, 0.5) is 0 Å². The van der Waals surface area contributed by atoms with Gasteiger partial charge in [0.05, 0.1) is 22.4 Å². The van der Waals surface area contributed by atoms with Crippen molar-refractivity contribution in [2.45, 2.75) is 71.3 Å². The van der Waals surface area contributed by atoms with Gasteiger partial charge in [0.15, 0.2) is 5.82 Å². The molecule has 1 amide bonds. The Bertz CT molecular complexity index is 1040. The summed E-state index contributed by atoms with van der Waals surface area (Å²) in [6, 6.07) is 5.52. The Balaban J connectivity index is 1.66. The molecule has 0 atom stereocenters. The highest BCUT2D eigenvalue weighted by Gasteiger charge is 2.39. The fourth-order valence-electron chi connectivity index (χ4n) is 4.18. The SMILES string of the molecule is CCc1nc2ccc(C(=O)NC3(c4noc(C)n4)CCCCC3)cc2nc1CC. The van der Waals surface area contributed by atoms with E-state index < -0.39 is 5.54 Å². The van der Waals surface area contributed by atoms with Gasteiger partial charge in [0.1, 0.15) is 5.54 Å². The molecule has 0 saturated heterocycles. The van der Waals surface area contributed by atoms with Crippen molar-refractivity contribution in [3.05, 3.63) is 46.9 Å². The molecule has 0 aliphatic heterocycles. The molecule has 1 N–H and O–H groups in total. The van der Waals surface area contributed by atoms with Crippen LogP contribution in [0.1, 0.15) is 79.4 Å². The Morgan fingerprint density at radius 3 is 2.34 bits per heavy atom. The van der Waals surface area contributed by atoms with Crippen LogP contribution >= 0.6 is 0 Å². The number of carbonyl (C=O) groups is 1. The van der Waals surface area contributed by atoms with Crippen LogP contribution in [0.2, 0.25) is 0 Å². The summed E-state index contributed by atoms with van der Waals surface area (Å²) in [5.74, 6) is 0.944. The lowest BCUT2D eigenvalue weighted by atomic mass is 9.80. The molecule has 2 heterocycles. The molecule has 7 heteroatoms. The van der Waals surface area contributed by atoms with Crippen LogP contribution in [0.3, 0.4) is 0 Å². The first-order valence-electron chi connectivity index (χ1n) is 10.5. The first-order chi connectivity index (χ1) is 14.0. The first kappa shape index (κ1) is 19.5. The smallest absolute Gasteiger partial charge is 0.252 e. The number of hydrogen-bond donors (Lipinski definition) is 1. The van der Waals surface area contributed by atoms with Crippen molar-refractivity contribution in [2.75, 3.05) is 0 Å². The number of benzene rings is 1. The molecule has 2 aromatic heterocycles. The predicted molar refractivity (Wildman–Crippen MR) is 110 cm³/mol. The van der Waals surface area contributed by atoms with Crippen LogP contribution < -0.4 is 5.32 Å². The van der Waals surface area contributed by atoms with E-state index in [0.717, 1.165) is 67.4 Å². The molecule has 0 spiro atoms. The third-order valence-electron chi connectivity index (χ3n) is 5.77. The van der Waals surface area contributed by atoms with Crippen molar-refractivity contribution in [1.29, 1.82) is 0 Å². The number of hydrogen-bond acceptors (Lipinski definition) is 6. The van der Waals surface area contributed by atoms with Crippen LogP contribution in [0.25, 0.3) is 11.0 Å². The molecule has 1 aliphatic carbocycles. The average molecular weight is 393 g/mol. The molecule has 7 nitrogen and oxygen atoms in total. The summed E-state index contributed by atoms with van der Waals surface area (Å²) >= 11 is 0. The zero-order chi connectivity index (χ0) is 20.4. The second kappa shape index (κ2) is 7.89. The van der Waals surface area contributed by atoms with Crippen LogP contribution in [-0.4, -0.2) is 26.0 Å². The maximum Gasteiger partial charge on any atom is 0.252 e. The number of rotatable bonds is 5. The van der Waals surface area contributed by atoms with Gasteiger partial charge in [-0.2, -0.15) is 4.98 Å². The van der Waals surface area contributed by atoms with Gasteiger partial charge in [0.25, 0.3) is 5.91 Å². The number of fused-ring (bicyclic) bond motifs is 1. The van der Waals surface area contributed by atoms with Gasteiger partial charge < -0.3 is 9.84 Å². The number of carbonyl (C=O) groups excluding carboxylic acids is 1. The highest BCUT2D eigenvalue weighted by molar-refractivity contribution is 5.97. The van der Waals surface area contributed by atoms with E-state index >= 15 is 0 Å². The van der Waals surface area contributed by atoms with Crippen molar-refractivity contribution < 1.29 is 9.32 Å². The largest absolute Gasteiger partial charge is 0.340 e. The van der Waals surface area contributed by atoms with Crippen LogP contribution in [0.5, 0.6) is 0 Å². The fraction of sp³-hybridized carbons (Fsp3) is 0.500. The number of aromatic nitrogens is 4. The van der Waals surface area contributed by atoms with E-state index in [-0.39, 0.29) is 5.91 Å². The van der Waals surface area contributed by atoms with Gasteiger partial charge in [-0.25, -0.2) is 9.97 Å². The van der Waals surface area contributed by atoms with Gasteiger partial charge in [-0.1, -0.05) is 38.3 Å².